The van der Waals surface area contributed by atoms with Crippen LogP contribution in [0.5, 0.6) is 0 Å². The minimum absolute atomic E-state index is 1.08. The van der Waals surface area contributed by atoms with Gasteiger partial charge in [-0.1, -0.05) is 30.3 Å². The lowest BCUT2D eigenvalue weighted by molar-refractivity contribution is 1.32. The van der Waals surface area contributed by atoms with Crippen LogP contribution in [0.2, 0.25) is 0 Å². The summed E-state index contributed by atoms with van der Waals surface area (Å²) in [5.41, 5.74) is 5.92. The predicted octanol–water partition coefficient (Wildman–Crippen LogP) is 5.39. The molecule has 2 aromatic carbocycles. The van der Waals surface area contributed by atoms with Crippen LogP contribution in [0.3, 0.4) is 0 Å². The summed E-state index contributed by atoms with van der Waals surface area (Å²) >= 11 is 0. The molecule has 0 saturated heterocycles. The van der Waals surface area contributed by atoms with E-state index in [-0.39, 0.29) is 0 Å². The highest BCUT2D eigenvalue weighted by molar-refractivity contribution is 5.81. The highest BCUT2D eigenvalue weighted by Crippen LogP contribution is 2.14. The minimum Gasteiger partial charge on any atom is -0.256 e. The molecule has 114 valence electrons. The molecule has 0 fully saturated rings. The van der Waals surface area contributed by atoms with Gasteiger partial charge in [-0.15, -0.1) is 0 Å². The largest absolute Gasteiger partial charge is 0.256 e. The van der Waals surface area contributed by atoms with E-state index in [1.807, 2.05) is 36.7 Å². The van der Waals surface area contributed by atoms with Gasteiger partial charge in [0.2, 0.25) is 0 Å². The highest BCUT2D eigenvalue weighted by atomic mass is 14.6. The number of para-hydroxylation sites is 1. The SMILES string of the molecule is Cc1ccnc2ccccc12.Cc1cnc2cc(C)ccc2c1. The van der Waals surface area contributed by atoms with Crippen LogP contribution in [-0.4, -0.2) is 9.97 Å². The molecule has 0 N–H and O–H groups in total. The number of rotatable bonds is 0. The molecule has 2 heteroatoms. The summed E-state index contributed by atoms with van der Waals surface area (Å²) in [6.45, 7) is 6.25. The molecule has 0 bridgehead atoms. The van der Waals surface area contributed by atoms with E-state index in [1.54, 1.807) is 0 Å². The Morgan fingerprint density at radius 3 is 2.35 bits per heavy atom. The van der Waals surface area contributed by atoms with Gasteiger partial charge >= 0.3 is 0 Å². The fourth-order valence-electron chi connectivity index (χ4n) is 2.58. The van der Waals surface area contributed by atoms with Crippen molar-refractivity contribution in [3.05, 3.63) is 83.7 Å². The fraction of sp³-hybridized carbons (Fsp3) is 0.143. The average molecular weight is 300 g/mol. The first-order valence-electron chi connectivity index (χ1n) is 7.77. The Hall–Kier alpha value is -2.74. The van der Waals surface area contributed by atoms with Gasteiger partial charge in [0, 0.05) is 23.2 Å². The van der Waals surface area contributed by atoms with Crippen LogP contribution in [0.4, 0.5) is 0 Å². The van der Waals surface area contributed by atoms with Crippen LogP contribution in [0.25, 0.3) is 21.8 Å². The smallest absolute Gasteiger partial charge is 0.0704 e. The number of hydrogen-bond donors (Lipinski definition) is 0. The molecule has 0 aliphatic carbocycles. The van der Waals surface area contributed by atoms with E-state index >= 15 is 0 Å². The number of benzene rings is 2. The van der Waals surface area contributed by atoms with Gasteiger partial charge in [0.25, 0.3) is 0 Å². The second-order valence-corrected chi connectivity index (χ2v) is 5.85. The maximum absolute atomic E-state index is 4.34. The Labute approximate surface area is 136 Å². The molecular formula is C21H20N2. The first kappa shape index (κ1) is 15.2. The normalized spacial score (nSPS) is 10.4. The average Bonchev–Trinajstić information content (AvgIpc) is 2.56. The van der Waals surface area contributed by atoms with Crippen LogP contribution in [-0.2, 0) is 0 Å². The molecule has 0 aliphatic rings. The number of aromatic nitrogens is 2. The number of hydrogen-bond acceptors (Lipinski definition) is 2. The van der Waals surface area contributed by atoms with Crippen molar-refractivity contribution in [2.45, 2.75) is 20.8 Å². The summed E-state index contributed by atoms with van der Waals surface area (Å²) in [4.78, 5) is 8.58. The first-order valence-corrected chi connectivity index (χ1v) is 7.77. The summed E-state index contributed by atoms with van der Waals surface area (Å²) in [5, 5.41) is 2.47. The molecule has 0 amide bonds. The standard InChI is InChI=1S/C11H11N.C10H9N/c1-8-3-4-10-5-9(2)7-12-11(10)6-8;1-8-6-7-11-10-5-3-2-4-9(8)10/h3-7H,1-2H3;2-7H,1H3. The molecular weight excluding hydrogens is 280 g/mol. The monoisotopic (exact) mass is 300 g/mol. The van der Waals surface area contributed by atoms with E-state index in [0.29, 0.717) is 0 Å². The van der Waals surface area contributed by atoms with Gasteiger partial charge in [-0.3, -0.25) is 9.97 Å². The third kappa shape index (κ3) is 3.54. The molecule has 2 aromatic heterocycles. The molecule has 2 heterocycles. The van der Waals surface area contributed by atoms with Crippen molar-refractivity contribution in [3.8, 4) is 0 Å². The molecule has 0 aliphatic heterocycles. The third-order valence-electron chi connectivity index (χ3n) is 3.84. The van der Waals surface area contributed by atoms with Crippen molar-refractivity contribution < 1.29 is 0 Å². The fourth-order valence-corrected chi connectivity index (χ4v) is 2.58. The molecule has 0 unspecified atom stereocenters. The van der Waals surface area contributed by atoms with Crippen LogP contribution < -0.4 is 0 Å². The molecule has 4 rings (SSSR count). The van der Waals surface area contributed by atoms with Crippen LogP contribution in [0, 0.1) is 20.8 Å². The maximum atomic E-state index is 4.34. The van der Waals surface area contributed by atoms with Crippen LogP contribution >= 0.6 is 0 Å². The molecule has 0 spiro atoms. The van der Waals surface area contributed by atoms with Crippen molar-refractivity contribution >= 4 is 21.8 Å². The van der Waals surface area contributed by atoms with Gasteiger partial charge in [0.1, 0.15) is 0 Å². The van der Waals surface area contributed by atoms with Gasteiger partial charge in [-0.2, -0.15) is 0 Å². The van der Waals surface area contributed by atoms with Gasteiger partial charge in [0.15, 0.2) is 0 Å². The highest BCUT2D eigenvalue weighted by Gasteiger charge is 1.94. The number of aryl methyl sites for hydroxylation is 3. The first-order chi connectivity index (χ1) is 11.1. The third-order valence-corrected chi connectivity index (χ3v) is 3.84. The summed E-state index contributed by atoms with van der Waals surface area (Å²) < 4.78 is 0. The Balaban J connectivity index is 0.000000136. The van der Waals surface area contributed by atoms with E-state index in [2.05, 4.69) is 61.1 Å². The zero-order valence-electron chi connectivity index (χ0n) is 13.7. The summed E-state index contributed by atoms with van der Waals surface area (Å²) in [6, 6.07) is 18.7. The van der Waals surface area contributed by atoms with Crippen molar-refractivity contribution in [3.63, 3.8) is 0 Å². The van der Waals surface area contributed by atoms with Crippen molar-refractivity contribution in [2.24, 2.45) is 0 Å². The van der Waals surface area contributed by atoms with E-state index in [9.17, 15) is 0 Å². The second-order valence-electron chi connectivity index (χ2n) is 5.85. The van der Waals surface area contributed by atoms with Crippen LogP contribution in [0.15, 0.2) is 67.0 Å². The van der Waals surface area contributed by atoms with Crippen LogP contribution in [0.1, 0.15) is 16.7 Å². The lowest BCUT2D eigenvalue weighted by Gasteiger charge is -1.98. The predicted molar refractivity (Wildman–Crippen MR) is 97.7 cm³/mol. The zero-order chi connectivity index (χ0) is 16.2. The summed E-state index contributed by atoms with van der Waals surface area (Å²) in [6.07, 6.45) is 3.75. The second kappa shape index (κ2) is 6.57. The van der Waals surface area contributed by atoms with E-state index < -0.39 is 0 Å². The topological polar surface area (TPSA) is 25.8 Å². The van der Waals surface area contributed by atoms with Gasteiger partial charge in [-0.25, -0.2) is 0 Å². The number of fused-ring (bicyclic) bond motifs is 2. The number of nitrogens with zero attached hydrogens (tertiary/aromatic N) is 2. The summed E-state index contributed by atoms with van der Waals surface area (Å²) in [7, 11) is 0. The Bertz CT molecular complexity index is 911. The Kier molecular flexibility index (Phi) is 4.33. The molecule has 0 saturated carbocycles. The van der Waals surface area contributed by atoms with E-state index in [4.69, 9.17) is 0 Å². The lowest BCUT2D eigenvalue weighted by Crippen LogP contribution is -1.81. The van der Waals surface area contributed by atoms with E-state index in [0.717, 1.165) is 11.0 Å². The quantitative estimate of drug-likeness (QED) is 0.435. The van der Waals surface area contributed by atoms with Gasteiger partial charge in [0.05, 0.1) is 11.0 Å². The van der Waals surface area contributed by atoms with Crippen molar-refractivity contribution in [1.82, 2.24) is 9.97 Å². The van der Waals surface area contributed by atoms with Crippen molar-refractivity contribution in [2.75, 3.05) is 0 Å². The van der Waals surface area contributed by atoms with Gasteiger partial charge in [-0.05, 0) is 61.7 Å². The van der Waals surface area contributed by atoms with Crippen molar-refractivity contribution in [1.29, 1.82) is 0 Å². The van der Waals surface area contributed by atoms with E-state index in [1.165, 1.54) is 27.5 Å². The molecule has 0 atom stereocenters. The zero-order valence-corrected chi connectivity index (χ0v) is 13.7. The number of pyridine rings is 2. The summed E-state index contributed by atoms with van der Waals surface area (Å²) in [5.74, 6) is 0. The molecule has 4 aromatic rings. The Morgan fingerprint density at radius 2 is 1.52 bits per heavy atom. The minimum atomic E-state index is 1.08. The lowest BCUT2D eigenvalue weighted by atomic mass is 10.1. The molecule has 0 radical (unpaired) electrons. The van der Waals surface area contributed by atoms with Gasteiger partial charge < -0.3 is 0 Å². The molecule has 2 nitrogen and oxygen atoms in total. The maximum Gasteiger partial charge on any atom is 0.0704 e. The Morgan fingerprint density at radius 1 is 0.696 bits per heavy atom. The molecule has 23 heavy (non-hydrogen) atoms.